The van der Waals surface area contributed by atoms with Gasteiger partial charge in [-0.25, -0.2) is 0 Å². The second-order valence-electron chi connectivity index (χ2n) is 8.09. The molecule has 29 heavy (non-hydrogen) atoms. The summed E-state index contributed by atoms with van der Waals surface area (Å²) < 4.78 is 5.40. The van der Waals surface area contributed by atoms with Gasteiger partial charge in [-0.15, -0.1) is 0 Å². The lowest BCUT2D eigenvalue weighted by Gasteiger charge is -2.48. The van der Waals surface area contributed by atoms with Crippen LogP contribution in [0.4, 0.5) is 5.69 Å². The van der Waals surface area contributed by atoms with Gasteiger partial charge in [0.2, 0.25) is 17.7 Å². The van der Waals surface area contributed by atoms with E-state index in [1.807, 2.05) is 20.8 Å². The molecule has 0 spiro atoms. The van der Waals surface area contributed by atoms with Crippen molar-refractivity contribution in [2.24, 2.45) is 5.92 Å². The molecule has 3 amide bonds. The molecule has 0 bridgehead atoms. The summed E-state index contributed by atoms with van der Waals surface area (Å²) in [6.07, 6.45) is 3.77. The van der Waals surface area contributed by atoms with Crippen molar-refractivity contribution < 1.29 is 19.1 Å². The molecule has 7 heteroatoms. The zero-order valence-electron chi connectivity index (χ0n) is 17.4. The van der Waals surface area contributed by atoms with Crippen molar-refractivity contribution in [3.8, 4) is 5.75 Å². The molecule has 2 N–H and O–H groups in total. The highest BCUT2D eigenvalue weighted by atomic mass is 16.5. The molecule has 0 radical (unpaired) electrons. The number of nitrogens with one attached hydrogen (secondary N) is 2. The number of hydrogen-bond donors (Lipinski definition) is 2. The number of amides is 3. The Labute approximate surface area is 172 Å². The summed E-state index contributed by atoms with van der Waals surface area (Å²) in [6.45, 7) is 6.16. The van der Waals surface area contributed by atoms with E-state index >= 15 is 0 Å². The number of carbonyl (C=O) groups excluding carboxylic acids is 3. The van der Waals surface area contributed by atoms with Crippen LogP contribution >= 0.6 is 0 Å². The van der Waals surface area contributed by atoms with Crippen LogP contribution in [-0.4, -0.2) is 47.4 Å². The second kappa shape index (κ2) is 9.29. The molecular formula is C22H31N3O4. The van der Waals surface area contributed by atoms with E-state index in [2.05, 4.69) is 10.6 Å². The van der Waals surface area contributed by atoms with Crippen LogP contribution in [0, 0.1) is 5.92 Å². The van der Waals surface area contributed by atoms with Gasteiger partial charge in [0, 0.05) is 17.6 Å². The number of hydrogen-bond acceptors (Lipinski definition) is 4. The smallest absolute Gasteiger partial charge is 0.243 e. The van der Waals surface area contributed by atoms with Crippen LogP contribution in [0.1, 0.15) is 52.9 Å². The Kier molecular flexibility index (Phi) is 6.77. The minimum absolute atomic E-state index is 0.00984. The summed E-state index contributed by atoms with van der Waals surface area (Å²) in [6, 6.07) is 6.29. The normalized spacial score (nSPS) is 23.9. The van der Waals surface area contributed by atoms with Gasteiger partial charge in [0.1, 0.15) is 11.8 Å². The van der Waals surface area contributed by atoms with Gasteiger partial charge in [-0.3, -0.25) is 14.4 Å². The number of nitrogens with zero attached hydrogens (tertiary/aromatic N) is 1. The zero-order valence-corrected chi connectivity index (χ0v) is 17.4. The van der Waals surface area contributed by atoms with Gasteiger partial charge < -0.3 is 20.3 Å². The van der Waals surface area contributed by atoms with Crippen LogP contribution in [0.5, 0.6) is 5.75 Å². The Morgan fingerprint density at radius 3 is 2.55 bits per heavy atom. The zero-order chi connectivity index (χ0) is 21.0. The minimum atomic E-state index is -0.771. The molecule has 1 saturated carbocycles. The maximum absolute atomic E-state index is 12.9. The van der Waals surface area contributed by atoms with E-state index in [-0.39, 0.29) is 42.1 Å². The first-order valence-electron chi connectivity index (χ1n) is 10.6. The monoisotopic (exact) mass is 401 g/mol. The van der Waals surface area contributed by atoms with Crippen molar-refractivity contribution in [3.63, 3.8) is 0 Å². The Bertz CT molecular complexity index is 747. The fourth-order valence-electron chi connectivity index (χ4n) is 4.24. The molecular weight excluding hydrogens is 370 g/mol. The molecule has 3 atom stereocenters. The number of anilines is 1. The highest BCUT2D eigenvalue weighted by Gasteiger charge is 2.46. The molecule has 1 aromatic carbocycles. The molecule has 2 fully saturated rings. The predicted octanol–water partition coefficient (Wildman–Crippen LogP) is 2.71. The largest absolute Gasteiger partial charge is 0.494 e. The van der Waals surface area contributed by atoms with Gasteiger partial charge in [-0.2, -0.15) is 0 Å². The average molecular weight is 402 g/mol. The third kappa shape index (κ3) is 4.89. The lowest BCUT2D eigenvalue weighted by atomic mass is 9.84. The lowest BCUT2D eigenvalue weighted by molar-refractivity contribution is -0.154. The quantitative estimate of drug-likeness (QED) is 0.767. The van der Waals surface area contributed by atoms with E-state index in [1.165, 1.54) is 0 Å². The molecule has 3 rings (SSSR count). The van der Waals surface area contributed by atoms with Gasteiger partial charge in [-0.1, -0.05) is 26.7 Å². The molecule has 1 aromatic rings. The lowest BCUT2D eigenvalue weighted by Crippen LogP contribution is -2.68. The first-order valence-corrected chi connectivity index (χ1v) is 10.6. The molecule has 1 aliphatic heterocycles. The second-order valence-corrected chi connectivity index (χ2v) is 8.09. The Balaban J connectivity index is 1.72. The van der Waals surface area contributed by atoms with Crippen molar-refractivity contribution >= 4 is 23.4 Å². The number of ether oxygens (including phenoxy) is 1. The standard InChI is InChI=1S/C22H31N3O4/c1-4-29-16-11-9-15(10-12-16)23-20(26)13-19-21(27)24-17-7-5-6-8-18(17)25(19)22(28)14(2)3/h9-12,14,17-19H,4-8,13H2,1-3H3,(H,23,26)(H,24,27)/t17-,18-,19-/m1/s1. The van der Waals surface area contributed by atoms with Gasteiger partial charge in [0.05, 0.1) is 19.1 Å². The molecule has 158 valence electrons. The SMILES string of the molecule is CCOc1ccc(NC(=O)C[C@@H]2C(=O)N[C@@H]3CCCC[C@H]3N2C(=O)C(C)C)cc1. The Morgan fingerprint density at radius 2 is 1.90 bits per heavy atom. The minimum Gasteiger partial charge on any atom is -0.494 e. The van der Waals surface area contributed by atoms with E-state index < -0.39 is 6.04 Å². The van der Waals surface area contributed by atoms with Crippen molar-refractivity contribution in [1.82, 2.24) is 10.2 Å². The van der Waals surface area contributed by atoms with Crippen LogP contribution in [-0.2, 0) is 14.4 Å². The van der Waals surface area contributed by atoms with E-state index in [1.54, 1.807) is 29.2 Å². The van der Waals surface area contributed by atoms with Crippen LogP contribution in [0.3, 0.4) is 0 Å². The maximum Gasteiger partial charge on any atom is 0.243 e. The Hall–Kier alpha value is -2.57. The van der Waals surface area contributed by atoms with Crippen LogP contribution in [0.15, 0.2) is 24.3 Å². The van der Waals surface area contributed by atoms with Crippen molar-refractivity contribution in [2.45, 2.75) is 71.0 Å². The predicted molar refractivity (Wildman–Crippen MR) is 111 cm³/mol. The van der Waals surface area contributed by atoms with Crippen LogP contribution in [0.25, 0.3) is 0 Å². The summed E-state index contributed by atoms with van der Waals surface area (Å²) in [4.78, 5) is 40.1. The van der Waals surface area contributed by atoms with E-state index in [4.69, 9.17) is 4.74 Å². The molecule has 1 saturated heterocycles. The van der Waals surface area contributed by atoms with E-state index in [0.717, 1.165) is 31.4 Å². The number of carbonyl (C=O) groups is 3. The maximum atomic E-state index is 12.9. The third-order valence-corrected chi connectivity index (χ3v) is 5.63. The molecule has 0 unspecified atom stereocenters. The van der Waals surface area contributed by atoms with Gasteiger partial charge in [0.25, 0.3) is 0 Å². The van der Waals surface area contributed by atoms with Gasteiger partial charge in [0.15, 0.2) is 0 Å². The summed E-state index contributed by atoms with van der Waals surface area (Å²) >= 11 is 0. The number of benzene rings is 1. The number of rotatable bonds is 6. The molecule has 2 aliphatic rings. The fraction of sp³-hybridized carbons (Fsp3) is 0.591. The van der Waals surface area contributed by atoms with Gasteiger partial charge in [-0.05, 0) is 44.0 Å². The molecule has 1 aliphatic carbocycles. The van der Waals surface area contributed by atoms with Gasteiger partial charge >= 0.3 is 0 Å². The van der Waals surface area contributed by atoms with E-state index in [0.29, 0.717) is 12.3 Å². The number of fused-ring (bicyclic) bond motifs is 1. The van der Waals surface area contributed by atoms with Crippen molar-refractivity contribution in [2.75, 3.05) is 11.9 Å². The van der Waals surface area contributed by atoms with Crippen molar-refractivity contribution in [3.05, 3.63) is 24.3 Å². The van der Waals surface area contributed by atoms with E-state index in [9.17, 15) is 14.4 Å². The highest BCUT2D eigenvalue weighted by molar-refractivity contribution is 5.98. The summed E-state index contributed by atoms with van der Waals surface area (Å²) in [5.74, 6) is -0.0703. The van der Waals surface area contributed by atoms with Crippen LogP contribution < -0.4 is 15.4 Å². The summed E-state index contributed by atoms with van der Waals surface area (Å²) in [5, 5.41) is 5.88. The Morgan fingerprint density at radius 1 is 1.21 bits per heavy atom. The van der Waals surface area contributed by atoms with Crippen molar-refractivity contribution in [1.29, 1.82) is 0 Å². The summed E-state index contributed by atoms with van der Waals surface area (Å²) in [5.41, 5.74) is 0.631. The molecule has 1 heterocycles. The molecule has 7 nitrogen and oxygen atoms in total. The molecule has 0 aromatic heterocycles. The number of piperazine rings is 1. The topological polar surface area (TPSA) is 87.7 Å². The fourth-order valence-corrected chi connectivity index (χ4v) is 4.24. The van der Waals surface area contributed by atoms with Crippen LogP contribution in [0.2, 0.25) is 0 Å². The average Bonchev–Trinajstić information content (AvgIpc) is 2.69. The summed E-state index contributed by atoms with van der Waals surface area (Å²) in [7, 11) is 0. The third-order valence-electron chi connectivity index (χ3n) is 5.63. The first-order chi connectivity index (χ1) is 13.9. The first kappa shape index (κ1) is 21.1. The highest BCUT2D eigenvalue weighted by Crippen LogP contribution is 2.31.